The Hall–Kier alpha value is -3.00. The lowest BCUT2D eigenvalue weighted by Crippen LogP contribution is -2.45. The number of piperidine rings is 1. The first kappa shape index (κ1) is 32.9. The second-order valence-electron chi connectivity index (χ2n) is 11.7. The number of hydrogen-bond acceptors (Lipinski definition) is 9. The summed E-state index contributed by atoms with van der Waals surface area (Å²) in [4.78, 5) is 37.3. The van der Waals surface area contributed by atoms with Crippen molar-refractivity contribution in [1.29, 1.82) is 0 Å². The van der Waals surface area contributed by atoms with Crippen molar-refractivity contribution in [3.8, 4) is 5.88 Å². The number of hydrogen-bond donors (Lipinski definition) is 1. The molecular formula is C28H34BrClF3N5O5. The SMILES string of the molecule is CCOC(=O)C1CC2(CCN(c3cc(O[C@H](c4ccc(Cl)cc4Br)C(F)(F)F)nc(N)n3)CC2)CN1C(=O)OC(C)(C)C. The molecule has 2 aliphatic rings. The molecule has 0 bridgehead atoms. The monoisotopic (exact) mass is 691 g/mol. The predicted octanol–water partition coefficient (Wildman–Crippen LogP) is 6.32. The van der Waals surface area contributed by atoms with Crippen LogP contribution in [0, 0.1) is 5.41 Å². The van der Waals surface area contributed by atoms with E-state index in [1.165, 1.54) is 29.2 Å². The molecule has 2 N–H and O–H groups in total. The highest BCUT2D eigenvalue weighted by Crippen LogP contribution is 2.45. The molecule has 4 rings (SSSR count). The van der Waals surface area contributed by atoms with E-state index in [0.29, 0.717) is 44.7 Å². The zero-order chi connectivity index (χ0) is 31.7. The third-order valence-corrected chi connectivity index (χ3v) is 8.25. The number of halogens is 5. The third kappa shape index (κ3) is 7.94. The zero-order valence-corrected chi connectivity index (χ0v) is 26.6. The summed E-state index contributed by atoms with van der Waals surface area (Å²) in [5, 5.41) is 0.262. The predicted molar refractivity (Wildman–Crippen MR) is 157 cm³/mol. The number of nitrogens with zero attached hydrogens (tertiary/aromatic N) is 4. The lowest BCUT2D eigenvalue weighted by atomic mass is 9.76. The Morgan fingerprint density at radius 2 is 1.86 bits per heavy atom. The number of ether oxygens (including phenoxy) is 3. The number of anilines is 2. The van der Waals surface area contributed by atoms with Gasteiger partial charge in [-0.2, -0.15) is 23.1 Å². The molecule has 2 aliphatic heterocycles. The second-order valence-corrected chi connectivity index (χ2v) is 13.0. The molecule has 1 unspecified atom stereocenters. The van der Waals surface area contributed by atoms with E-state index in [1.807, 2.05) is 4.90 Å². The largest absolute Gasteiger partial charge is 0.464 e. The lowest BCUT2D eigenvalue weighted by molar-refractivity contribution is -0.198. The number of nitrogens with two attached hydrogens (primary N) is 1. The second kappa shape index (κ2) is 12.5. The highest BCUT2D eigenvalue weighted by atomic mass is 79.9. The molecule has 1 aromatic heterocycles. The number of amides is 1. The number of carbonyl (C=O) groups excluding carboxylic acids is 2. The van der Waals surface area contributed by atoms with Crippen molar-refractivity contribution in [3.63, 3.8) is 0 Å². The van der Waals surface area contributed by atoms with E-state index in [-0.39, 0.29) is 38.9 Å². The molecule has 2 saturated heterocycles. The maximum Gasteiger partial charge on any atom is 0.429 e. The summed E-state index contributed by atoms with van der Waals surface area (Å²) in [6, 6.07) is 4.46. The van der Waals surface area contributed by atoms with Gasteiger partial charge in [-0.3, -0.25) is 4.90 Å². The Morgan fingerprint density at radius 1 is 1.19 bits per heavy atom. The van der Waals surface area contributed by atoms with Crippen LogP contribution in [0.2, 0.25) is 5.02 Å². The van der Waals surface area contributed by atoms with E-state index >= 15 is 0 Å². The molecule has 2 atom stereocenters. The van der Waals surface area contributed by atoms with Crippen LogP contribution >= 0.6 is 27.5 Å². The molecule has 1 aromatic carbocycles. The highest BCUT2D eigenvalue weighted by molar-refractivity contribution is 9.10. The van der Waals surface area contributed by atoms with E-state index in [0.717, 1.165) is 0 Å². The number of esters is 1. The van der Waals surface area contributed by atoms with Gasteiger partial charge in [0.2, 0.25) is 17.9 Å². The van der Waals surface area contributed by atoms with Crippen LogP contribution in [0.3, 0.4) is 0 Å². The lowest BCUT2D eigenvalue weighted by Gasteiger charge is -2.39. The molecule has 0 aliphatic carbocycles. The Labute approximate surface area is 261 Å². The molecule has 0 radical (unpaired) electrons. The summed E-state index contributed by atoms with van der Waals surface area (Å²) in [6.45, 7) is 8.35. The van der Waals surface area contributed by atoms with Gasteiger partial charge < -0.3 is 24.8 Å². The third-order valence-electron chi connectivity index (χ3n) is 7.33. The Bertz CT molecular complexity index is 1350. The highest BCUT2D eigenvalue weighted by Gasteiger charge is 2.51. The van der Waals surface area contributed by atoms with Crippen LogP contribution in [-0.4, -0.2) is 71.0 Å². The van der Waals surface area contributed by atoms with E-state index < -0.39 is 36.0 Å². The molecule has 236 valence electrons. The summed E-state index contributed by atoms with van der Waals surface area (Å²) in [6.07, 6.45) is -6.14. The topological polar surface area (TPSA) is 120 Å². The van der Waals surface area contributed by atoms with Crippen LogP contribution in [0.5, 0.6) is 5.88 Å². The fraction of sp³-hybridized carbons (Fsp3) is 0.571. The molecule has 10 nitrogen and oxygen atoms in total. The van der Waals surface area contributed by atoms with Gasteiger partial charge in [-0.15, -0.1) is 0 Å². The molecule has 2 fully saturated rings. The standard InChI is InChI=1S/C28H34BrClF3N5O5/c1-5-41-23(39)19-14-27(15-38(19)25(40)43-26(2,3)4)8-10-37(11-9-27)20-13-21(36-24(34)35-20)42-22(28(31,32)33)17-7-6-16(30)12-18(17)29/h6-7,12-13,19,22H,5,8-11,14-15H2,1-4H3,(H2,34,35,36)/t19?,22-/m1/s1. The molecule has 0 saturated carbocycles. The first-order valence-electron chi connectivity index (χ1n) is 13.7. The summed E-state index contributed by atoms with van der Waals surface area (Å²) < 4.78 is 58.6. The van der Waals surface area contributed by atoms with Crippen molar-refractivity contribution in [1.82, 2.24) is 14.9 Å². The smallest absolute Gasteiger partial charge is 0.429 e. The van der Waals surface area contributed by atoms with E-state index in [4.69, 9.17) is 31.5 Å². The van der Waals surface area contributed by atoms with E-state index in [9.17, 15) is 22.8 Å². The van der Waals surface area contributed by atoms with E-state index in [2.05, 4.69) is 25.9 Å². The van der Waals surface area contributed by atoms with Crippen LogP contribution in [0.15, 0.2) is 28.7 Å². The van der Waals surface area contributed by atoms with Crippen molar-refractivity contribution in [2.45, 2.75) is 70.9 Å². The molecule has 15 heteroatoms. The maximum atomic E-state index is 14.1. The molecule has 1 amide bonds. The van der Waals surface area contributed by atoms with Crippen LogP contribution < -0.4 is 15.4 Å². The number of aromatic nitrogens is 2. The van der Waals surface area contributed by atoms with Crippen molar-refractivity contribution < 1.29 is 37.0 Å². The number of likely N-dealkylation sites (tertiary alicyclic amines) is 1. The van der Waals surface area contributed by atoms with Gasteiger partial charge in [-0.1, -0.05) is 33.6 Å². The Morgan fingerprint density at radius 3 is 2.44 bits per heavy atom. The minimum absolute atomic E-state index is 0.129. The zero-order valence-electron chi connectivity index (χ0n) is 24.2. The first-order chi connectivity index (χ1) is 20.0. The molecule has 43 heavy (non-hydrogen) atoms. The van der Waals surface area contributed by atoms with Gasteiger partial charge in [-0.05, 0) is 64.5 Å². The van der Waals surface area contributed by atoms with Crippen molar-refractivity contribution in [2.75, 3.05) is 36.9 Å². The van der Waals surface area contributed by atoms with Gasteiger partial charge in [-0.25, -0.2) is 9.59 Å². The van der Waals surface area contributed by atoms with Crippen molar-refractivity contribution in [3.05, 3.63) is 39.3 Å². The van der Waals surface area contributed by atoms with Gasteiger partial charge in [0.05, 0.1) is 6.61 Å². The fourth-order valence-electron chi connectivity index (χ4n) is 5.38. The number of nitrogen functional groups attached to an aromatic ring is 1. The van der Waals surface area contributed by atoms with Crippen LogP contribution in [0.1, 0.15) is 58.6 Å². The maximum absolute atomic E-state index is 14.1. The van der Waals surface area contributed by atoms with Crippen molar-refractivity contribution >= 4 is 51.4 Å². The summed E-state index contributed by atoms with van der Waals surface area (Å²) >= 11 is 9.04. The minimum atomic E-state index is -4.77. The van der Waals surface area contributed by atoms with Crippen LogP contribution in [0.4, 0.5) is 29.7 Å². The number of alkyl halides is 3. The average Bonchev–Trinajstić information content (AvgIpc) is 3.26. The van der Waals surface area contributed by atoms with Gasteiger partial charge in [0.15, 0.2) is 0 Å². The average molecular weight is 693 g/mol. The normalized spacial score (nSPS) is 19.3. The molecule has 3 heterocycles. The molecular weight excluding hydrogens is 659 g/mol. The quantitative estimate of drug-likeness (QED) is 0.347. The Kier molecular flexibility index (Phi) is 9.60. The van der Waals surface area contributed by atoms with Gasteiger partial charge in [0, 0.05) is 40.8 Å². The van der Waals surface area contributed by atoms with Gasteiger partial charge >= 0.3 is 18.2 Å². The van der Waals surface area contributed by atoms with E-state index in [1.54, 1.807) is 27.7 Å². The molecule has 2 aromatic rings. The summed E-state index contributed by atoms with van der Waals surface area (Å²) in [5.74, 6) is -0.767. The Balaban J connectivity index is 1.52. The van der Waals surface area contributed by atoms with Crippen LogP contribution in [-0.2, 0) is 14.3 Å². The number of carbonyl (C=O) groups is 2. The summed E-state index contributed by atoms with van der Waals surface area (Å²) in [5.41, 5.74) is 4.59. The fourth-order valence-corrected chi connectivity index (χ4v) is 6.27. The number of benzene rings is 1. The molecule has 1 spiro atoms. The number of rotatable bonds is 6. The summed E-state index contributed by atoms with van der Waals surface area (Å²) in [7, 11) is 0. The van der Waals surface area contributed by atoms with Gasteiger partial charge in [0.1, 0.15) is 17.5 Å². The van der Waals surface area contributed by atoms with Crippen LogP contribution in [0.25, 0.3) is 0 Å². The van der Waals surface area contributed by atoms with Crippen molar-refractivity contribution in [2.24, 2.45) is 5.41 Å². The first-order valence-corrected chi connectivity index (χ1v) is 14.9. The van der Waals surface area contributed by atoms with Gasteiger partial charge in [0.25, 0.3) is 0 Å². The minimum Gasteiger partial charge on any atom is -0.464 e.